The van der Waals surface area contributed by atoms with Crippen LogP contribution in [0.3, 0.4) is 0 Å². The number of fused-ring (bicyclic) bond motifs is 3. The van der Waals surface area contributed by atoms with Crippen LogP contribution in [0, 0.1) is 12.8 Å². The summed E-state index contributed by atoms with van der Waals surface area (Å²) in [5.41, 5.74) is 5.30. The maximum atomic E-state index is 12.5. The average Bonchev–Trinajstić information content (AvgIpc) is 2.99. The van der Waals surface area contributed by atoms with Gasteiger partial charge in [-0.2, -0.15) is 0 Å². The predicted molar refractivity (Wildman–Crippen MR) is 104 cm³/mol. The van der Waals surface area contributed by atoms with Crippen LogP contribution in [0.2, 0.25) is 0 Å². The van der Waals surface area contributed by atoms with Crippen molar-refractivity contribution >= 4 is 16.9 Å². The van der Waals surface area contributed by atoms with Gasteiger partial charge in [0.15, 0.2) is 0 Å². The van der Waals surface area contributed by atoms with Gasteiger partial charge in [-0.25, -0.2) is 4.98 Å². The Kier molecular flexibility index (Phi) is 4.49. The van der Waals surface area contributed by atoms with E-state index in [2.05, 4.69) is 35.9 Å². The van der Waals surface area contributed by atoms with Crippen molar-refractivity contribution in [3.8, 4) is 0 Å². The van der Waals surface area contributed by atoms with Crippen molar-refractivity contribution < 1.29 is 4.79 Å². The number of aryl methyl sites for hydroxylation is 2. The smallest absolute Gasteiger partial charge is 0.251 e. The maximum absolute atomic E-state index is 12.5. The minimum Gasteiger partial charge on any atom is -0.352 e. The van der Waals surface area contributed by atoms with Gasteiger partial charge < -0.3 is 9.88 Å². The van der Waals surface area contributed by atoms with Gasteiger partial charge in [0.2, 0.25) is 0 Å². The molecule has 0 bridgehead atoms. The monoisotopic (exact) mass is 347 g/mol. The number of nitrogens with zero attached hydrogens (tertiary/aromatic N) is 2. The number of hydrogen-bond acceptors (Lipinski definition) is 2. The van der Waals surface area contributed by atoms with Crippen molar-refractivity contribution in [3.63, 3.8) is 0 Å². The molecule has 0 saturated heterocycles. The minimum absolute atomic E-state index is 0.0279. The minimum atomic E-state index is -0.0279. The van der Waals surface area contributed by atoms with Crippen molar-refractivity contribution in [2.24, 2.45) is 5.92 Å². The molecule has 1 aromatic heterocycles. The zero-order valence-electron chi connectivity index (χ0n) is 15.5. The Labute approximate surface area is 154 Å². The van der Waals surface area contributed by atoms with Crippen LogP contribution in [0.4, 0.5) is 0 Å². The van der Waals surface area contributed by atoms with Gasteiger partial charge in [0, 0.05) is 25.1 Å². The van der Waals surface area contributed by atoms with Crippen LogP contribution in [0.1, 0.15) is 40.7 Å². The van der Waals surface area contributed by atoms with Gasteiger partial charge in [-0.15, -0.1) is 0 Å². The van der Waals surface area contributed by atoms with Crippen LogP contribution >= 0.6 is 0 Å². The summed E-state index contributed by atoms with van der Waals surface area (Å²) < 4.78 is 2.30. The lowest BCUT2D eigenvalue weighted by Crippen LogP contribution is -2.25. The molecule has 26 heavy (non-hydrogen) atoms. The molecule has 2 heterocycles. The number of carbonyl (C=O) groups is 1. The third-order valence-electron chi connectivity index (χ3n) is 5.41. The van der Waals surface area contributed by atoms with E-state index in [1.807, 2.05) is 30.3 Å². The Morgan fingerprint density at radius 3 is 2.96 bits per heavy atom. The highest BCUT2D eigenvalue weighted by atomic mass is 16.1. The summed E-state index contributed by atoms with van der Waals surface area (Å²) in [5.74, 6) is 1.80. The topological polar surface area (TPSA) is 46.9 Å². The summed E-state index contributed by atoms with van der Waals surface area (Å²) in [6.45, 7) is 6.04. The van der Waals surface area contributed by atoms with Crippen LogP contribution in [0.25, 0.3) is 11.0 Å². The summed E-state index contributed by atoms with van der Waals surface area (Å²) in [6.07, 6.45) is 3.06. The molecule has 1 N–H and O–H groups in total. The summed E-state index contributed by atoms with van der Waals surface area (Å²) in [7, 11) is 0. The van der Waals surface area contributed by atoms with Gasteiger partial charge in [-0.3, -0.25) is 4.79 Å². The Bertz CT molecular complexity index is 957. The molecule has 0 spiro atoms. The zero-order valence-corrected chi connectivity index (χ0v) is 15.5. The molecule has 0 radical (unpaired) electrons. The highest BCUT2D eigenvalue weighted by Gasteiger charge is 2.19. The van der Waals surface area contributed by atoms with Gasteiger partial charge in [-0.05, 0) is 55.0 Å². The molecule has 3 aromatic rings. The van der Waals surface area contributed by atoms with Gasteiger partial charge in [-0.1, -0.05) is 31.2 Å². The quantitative estimate of drug-likeness (QED) is 0.778. The fraction of sp³-hybridized carbons (Fsp3) is 0.364. The van der Waals surface area contributed by atoms with E-state index in [9.17, 15) is 4.79 Å². The second-order valence-electron chi connectivity index (χ2n) is 7.41. The van der Waals surface area contributed by atoms with E-state index in [0.717, 1.165) is 36.2 Å². The highest BCUT2D eigenvalue weighted by molar-refractivity contribution is 5.97. The Morgan fingerprint density at radius 1 is 1.27 bits per heavy atom. The number of imidazole rings is 1. The van der Waals surface area contributed by atoms with E-state index in [0.29, 0.717) is 18.0 Å². The van der Waals surface area contributed by atoms with Crippen LogP contribution in [0.5, 0.6) is 0 Å². The zero-order chi connectivity index (χ0) is 18.1. The van der Waals surface area contributed by atoms with E-state index < -0.39 is 0 Å². The lowest BCUT2D eigenvalue weighted by atomic mass is 10.0. The van der Waals surface area contributed by atoms with E-state index in [1.165, 1.54) is 17.5 Å². The summed E-state index contributed by atoms with van der Waals surface area (Å²) in [4.78, 5) is 17.3. The number of carbonyl (C=O) groups excluding carboxylic acids is 1. The van der Waals surface area contributed by atoms with Crippen molar-refractivity contribution in [2.75, 3.05) is 6.54 Å². The molecule has 1 amide bonds. The van der Waals surface area contributed by atoms with Gasteiger partial charge in [0.05, 0.1) is 11.0 Å². The first-order chi connectivity index (χ1) is 12.6. The molecule has 1 aliphatic rings. The summed E-state index contributed by atoms with van der Waals surface area (Å²) in [6, 6.07) is 14.2. The van der Waals surface area contributed by atoms with E-state index in [1.54, 1.807) is 0 Å². The molecule has 4 heteroatoms. The third kappa shape index (κ3) is 3.24. The first-order valence-corrected chi connectivity index (χ1v) is 9.43. The molecule has 0 unspecified atom stereocenters. The lowest BCUT2D eigenvalue weighted by Gasteiger charge is -2.19. The first kappa shape index (κ1) is 16.8. The van der Waals surface area contributed by atoms with E-state index in [4.69, 9.17) is 4.98 Å². The molecule has 0 aliphatic carbocycles. The molecule has 1 atom stereocenters. The van der Waals surface area contributed by atoms with Gasteiger partial charge in [0.1, 0.15) is 5.82 Å². The first-order valence-electron chi connectivity index (χ1n) is 9.43. The van der Waals surface area contributed by atoms with E-state index >= 15 is 0 Å². The van der Waals surface area contributed by atoms with E-state index in [-0.39, 0.29) is 5.91 Å². The molecule has 0 fully saturated rings. The fourth-order valence-corrected chi connectivity index (χ4v) is 3.79. The summed E-state index contributed by atoms with van der Waals surface area (Å²) in [5, 5.41) is 3.03. The second-order valence-corrected chi connectivity index (χ2v) is 7.41. The number of rotatable bonds is 4. The highest BCUT2D eigenvalue weighted by Crippen LogP contribution is 2.25. The fourth-order valence-electron chi connectivity index (χ4n) is 3.79. The van der Waals surface area contributed by atoms with Crippen LogP contribution in [-0.4, -0.2) is 22.0 Å². The molecular formula is C22H25N3O. The summed E-state index contributed by atoms with van der Waals surface area (Å²) >= 11 is 0. The van der Waals surface area contributed by atoms with Gasteiger partial charge >= 0.3 is 0 Å². The van der Waals surface area contributed by atoms with Crippen LogP contribution in [-0.2, 0) is 19.4 Å². The van der Waals surface area contributed by atoms with Crippen molar-refractivity contribution in [2.45, 2.75) is 39.7 Å². The molecular weight excluding hydrogens is 322 g/mol. The second kappa shape index (κ2) is 6.94. The molecule has 134 valence electrons. The normalized spacial score (nSPS) is 16.5. The standard InChI is InChI=1S/C22H25N3O/c1-15-10-12-25-20-8-7-18(14-19(20)24-21(25)13-15)22(26)23-11-9-17-6-4-3-5-16(17)2/h3-8,14-15H,9-13H2,1-2H3,(H,23,26)/t15-/m0/s1. The number of amides is 1. The number of benzene rings is 2. The maximum Gasteiger partial charge on any atom is 0.251 e. The van der Waals surface area contributed by atoms with Crippen LogP contribution in [0.15, 0.2) is 42.5 Å². The van der Waals surface area contributed by atoms with Crippen molar-refractivity contribution in [1.29, 1.82) is 0 Å². The molecule has 4 nitrogen and oxygen atoms in total. The Hall–Kier alpha value is -2.62. The SMILES string of the molecule is Cc1ccccc1CCNC(=O)c1ccc2c(c1)nc1n2CC[C@H](C)C1. The van der Waals surface area contributed by atoms with Crippen LogP contribution < -0.4 is 5.32 Å². The molecule has 4 rings (SSSR count). The lowest BCUT2D eigenvalue weighted by molar-refractivity contribution is 0.0954. The number of aromatic nitrogens is 2. The predicted octanol–water partition coefficient (Wildman–Crippen LogP) is 3.90. The van der Waals surface area contributed by atoms with Crippen molar-refractivity contribution in [1.82, 2.24) is 14.9 Å². The largest absolute Gasteiger partial charge is 0.352 e. The third-order valence-corrected chi connectivity index (χ3v) is 5.41. The molecule has 2 aromatic carbocycles. The number of nitrogens with one attached hydrogen (secondary N) is 1. The number of hydrogen-bond donors (Lipinski definition) is 1. The average molecular weight is 347 g/mol. The molecule has 0 saturated carbocycles. The Morgan fingerprint density at radius 2 is 2.12 bits per heavy atom. The van der Waals surface area contributed by atoms with Gasteiger partial charge in [0.25, 0.3) is 5.91 Å². The molecule has 1 aliphatic heterocycles. The Balaban J connectivity index is 1.46. The van der Waals surface area contributed by atoms with Crippen molar-refractivity contribution in [3.05, 3.63) is 65.0 Å².